The molecule has 0 bridgehead atoms. The summed E-state index contributed by atoms with van der Waals surface area (Å²) in [5.41, 5.74) is 0.606. The van der Waals surface area contributed by atoms with Gasteiger partial charge in [0.1, 0.15) is 6.10 Å². The monoisotopic (exact) mass is 278 g/mol. The number of carbonyl (C=O) groups is 1. The quantitative estimate of drug-likeness (QED) is 0.793. The molecule has 5 nitrogen and oxygen atoms in total. The second-order valence-electron chi connectivity index (χ2n) is 5.92. The van der Waals surface area contributed by atoms with Crippen LogP contribution in [0, 0.1) is 5.41 Å². The van der Waals surface area contributed by atoms with E-state index in [1.165, 1.54) is 12.8 Å². The van der Waals surface area contributed by atoms with Crippen LogP contribution in [-0.4, -0.2) is 34.6 Å². The molecule has 0 N–H and O–H groups in total. The molecule has 2 saturated carbocycles. The van der Waals surface area contributed by atoms with Gasteiger partial charge in [0.05, 0.1) is 17.9 Å². The molecule has 1 spiro atoms. The van der Waals surface area contributed by atoms with Gasteiger partial charge in [-0.1, -0.05) is 12.8 Å². The van der Waals surface area contributed by atoms with Crippen LogP contribution in [0.5, 0.6) is 0 Å². The molecule has 0 saturated heterocycles. The average molecular weight is 278 g/mol. The lowest BCUT2D eigenvalue weighted by molar-refractivity contribution is -0.188. The zero-order chi connectivity index (χ0) is 14.2. The Morgan fingerprint density at radius 1 is 1.45 bits per heavy atom. The van der Waals surface area contributed by atoms with Gasteiger partial charge in [0.2, 0.25) is 0 Å². The molecule has 0 radical (unpaired) electrons. The van der Waals surface area contributed by atoms with Crippen LogP contribution in [0.2, 0.25) is 0 Å². The van der Waals surface area contributed by atoms with Crippen molar-refractivity contribution in [2.45, 2.75) is 51.2 Å². The van der Waals surface area contributed by atoms with Gasteiger partial charge >= 0.3 is 5.97 Å². The van der Waals surface area contributed by atoms with E-state index in [2.05, 4.69) is 5.10 Å². The van der Waals surface area contributed by atoms with Crippen LogP contribution in [-0.2, 0) is 16.5 Å². The zero-order valence-corrected chi connectivity index (χ0v) is 12.2. The van der Waals surface area contributed by atoms with Gasteiger partial charge in [0, 0.05) is 31.7 Å². The fraction of sp³-hybridized carbons (Fsp3) is 0.733. The van der Waals surface area contributed by atoms with Crippen LogP contribution in [0.25, 0.3) is 0 Å². The second-order valence-corrected chi connectivity index (χ2v) is 5.92. The van der Waals surface area contributed by atoms with Gasteiger partial charge in [-0.05, 0) is 19.8 Å². The van der Waals surface area contributed by atoms with Crippen LogP contribution in [0.1, 0.15) is 49.4 Å². The molecule has 3 rings (SSSR count). The number of esters is 1. The third kappa shape index (κ3) is 2.14. The van der Waals surface area contributed by atoms with Crippen LogP contribution in [0.4, 0.5) is 0 Å². The minimum atomic E-state index is -0.260. The Morgan fingerprint density at radius 2 is 2.20 bits per heavy atom. The van der Waals surface area contributed by atoms with Crippen LogP contribution >= 0.6 is 0 Å². The smallest absolute Gasteiger partial charge is 0.341 e. The van der Waals surface area contributed by atoms with Gasteiger partial charge in [0.15, 0.2) is 0 Å². The van der Waals surface area contributed by atoms with Crippen molar-refractivity contribution in [1.29, 1.82) is 0 Å². The first-order valence-corrected chi connectivity index (χ1v) is 7.47. The van der Waals surface area contributed by atoms with Crippen molar-refractivity contribution < 1.29 is 14.3 Å². The van der Waals surface area contributed by atoms with E-state index in [9.17, 15) is 4.79 Å². The van der Waals surface area contributed by atoms with E-state index >= 15 is 0 Å². The van der Waals surface area contributed by atoms with Crippen LogP contribution < -0.4 is 0 Å². The van der Waals surface area contributed by atoms with E-state index in [0.29, 0.717) is 5.56 Å². The molecule has 20 heavy (non-hydrogen) atoms. The van der Waals surface area contributed by atoms with Crippen molar-refractivity contribution in [2.75, 3.05) is 6.61 Å². The van der Waals surface area contributed by atoms with E-state index in [1.807, 2.05) is 6.92 Å². The Morgan fingerprint density at radius 3 is 2.80 bits per heavy atom. The number of carbonyl (C=O) groups excluding carboxylic acids is 1. The fourth-order valence-corrected chi connectivity index (χ4v) is 3.71. The highest BCUT2D eigenvalue weighted by Crippen LogP contribution is 2.56. The van der Waals surface area contributed by atoms with Crippen molar-refractivity contribution in [3.8, 4) is 0 Å². The second kappa shape index (κ2) is 5.20. The van der Waals surface area contributed by atoms with Gasteiger partial charge in [-0.15, -0.1) is 0 Å². The van der Waals surface area contributed by atoms with Crippen molar-refractivity contribution in [1.82, 2.24) is 9.78 Å². The summed E-state index contributed by atoms with van der Waals surface area (Å²) >= 11 is 0. The molecule has 0 aliphatic heterocycles. The number of ether oxygens (including phenoxy) is 2. The normalized spacial score (nSPS) is 27.5. The molecule has 110 valence electrons. The molecule has 5 heteroatoms. The average Bonchev–Trinajstić information content (AvgIpc) is 3.07. The third-order valence-corrected chi connectivity index (χ3v) is 4.80. The first-order valence-electron chi connectivity index (χ1n) is 7.47. The molecule has 0 aromatic carbocycles. The van der Waals surface area contributed by atoms with E-state index < -0.39 is 0 Å². The summed E-state index contributed by atoms with van der Waals surface area (Å²) in [6.45, 7) is 2.76. The molecule has 2 atom stereocenters. The third-order valence-electron chi connectivity index (χ3n) is 4.80. The Hall–Kier alpha value is -1.36. The Labute approximate surface area is 119 Å². The topological polar surface area (TPSA) is 53.4 Å². The SMILES string of the molecule is CCO[C@@H]1C[C@H](OC(=O)c2cnn(C)c2)C12CCCC2. The zero-order valence-electron chi connectivity index (χ0n) is 12.2. The van der Waals surface area contributed by atoms with Crippen LogP contribution in [0.15, 0.2) is 12.4 Å². The maximum absolute atomic E-state index is 12.1. The first kappa shape index (κ1) is 13.6. The van der Waals surface area contributed by atoms with E-state index in [1.54, 1.807) is 24.1 Å². The van der Waals surface area contributed by atoms with Gasteiger partial charge < -0.3 is 9.47 Å². The van der Waals surface area contributed by atoms with Gasteiger partial charge in [0.25, 0.3) is 0 Å². The van der Waals surface area contributed by atoms with Gasteiger partial charge in [-0.3, -0.25) is 4.68 Å². The van der Waals surface area contributed by atoms with Crippen molar-refractivity contribution in [3.63, 3.8) is 0 Å². The lowest BCUT2D eigenvalue weighted by atomic mass is 9.62. The van der Waals surface area contributed by atoms with Gasteiger partial charge in [-0.25, -0.2) is 4.79 Å². The van der Waals surface area contributed by atoms with Crippen LogP contribution in [0.3, 0.4) is 0 Å². The summed E-state index contributed by atoms with van der Waals surface area (Å²) in [6, 6.07) is 0. The van der Waals surface area contributed by atoms with Crippen molar-refractivity contribution in [2.24, 2.45) is 12.5 Å². The van der Waals surface area contributed by atoms with E-state index in [4.69, 9.17) is 9.47 Å². The summed E-state index contributed by atoms with van der Waals surface area (Å²) in [4.78, 5) is 12.1. The van der Waals surface area contributed by atoms with E-state index in [0.717, 1.165) is 25.9 Å². The first-order chi connectivity index (χ1) is 9.65. The highest BCUT2D eigenvalue weighted by atomic mass is 16.6. The summed E-state index contributed by atoms with van der Waals surface area (Å²) in [6.07, 6.45) is 9.01. The molecule has 2 aliphatic rings. The number of nitrogens with zero attached hydrogens (tertiary/aromatic N) is 2. The standard InChI is InChI=1S/C15H22N2O3/c1-3-19-12-8-13(15(12)6-4-5-7-15)20-14(18)11-9-16-17(2)10-11/h9-10,12-13H,3-8H2,1-2H3/t12-,13+/m1/s1. The summed E-state index contributed by atoms with van der Waals surface area (Å²) in [5, 5.41) is 4.01. The lowest BCUT2D eigenvalue weighted by Gasteiger charge is -2.52. The number of aryl methyl sites for hydroxylation is 1. The Balaban J connectivity index is 1.67. The molecule has 1 aromatic heterocycles. The van der Waals surface area contributed by atoms with Gasteiger partial charge in [-0.2, -0.15) is 5.10 Å². The lowest BCUT2D eigenvalue weighted by Crippen LogP contribution is -2.58. The predicted molar refractivity (Wildman–Crippen MR) is 73.3 cm³/mol. The summed E-state index contributed by atoms with van der Waals surface area (Å²) < 4.78 is 13.2. The summed E-state index contributed by atoms with van der Waals surface area (Å²) in [7, 11) is 1.80. The van der Waals surface area contributed by atoms with E-state index in [-0.39, 0.29) is 23.6 Å². The molecule has 2 fully saturated rings. The molecule has 0 amide bonds. The molecular formula is C15H22N2O3. The number of rotatable bonds is 4. The Kier molecular flexibility index (Phi) is 3.54. The molecule has 1 aromatic rings. The maximum atomic E-state index is 12.1. The number of hydrogen-bond acceptors (Lipinski definition) is 4. The van der Waals surface area contributed by atoms with Crippen molar-refractivity contribution >= 4 is 5.97 Å². The molecule has 2 aliphatic carbocycles. The van der Waals surface area contributed by atoms with Crippen molar-refractivity contribution in [3.05, 3.63) is 18.0 Å². The number of aromatic nitrogens is 2. The maximum Gasteiger partial charge on any atom is 0.341 e. The number of hydrogen-bond donors (Lipinski definition) is 0. The fourth-order valence-electron chi connectivity index (χ4n) is 3.71. The molecule has 1 heterocycles. The largest absolute Gasteiger partial charge is 0.458 e. The Bertz CT molecular complexity index is 491. The molecular weight excluding hydrogens is 256 g/mol. The minimum Gasteiger partial charge on any atom is -0.458 e. The minimum absolute atomic E-state index is 0.00857. The summed E-state index contributed by atoms with van der Waals surface area (Å²) in [5.74, 6) is -0.260. The highest BCUT2D eigenvalue weighted by molar-refractivity contribution is 5.89. The molecule has 0 unspecified atom stereocenters. The predicted octanol–water partition coefficient (Wildman–Crippen LogP) is 2.31. The highest BCUT2D eigenvalue weighted by Gasteiger charge is 2.58.